The minimum absolute atomic E-state index is 0.142. The van der Waals surface area contributed by atoms with E-state index in [1.54, 1.807) is 0 Å². The molecule has 1 aromatic carbocycles. The number of esters is 2. The van der Waals surface area contributed by atoms with Crippen LogP contribution in [0.25, 0.3) is 0 Å². The number of carbonyl (C=O) groups excluding carboxylic acids is 2. The van der Waals surface area contributed by atoms with Crippen molar-refractivity contribution in [2.75, 3.05) is 76.6 Å². The molecule has 0 radical (unpaired) electrons. The smallest absolute Gasteiger partial charge is 0.306 e. The van der Waals surface area contributed by atoms with E-state index < -0.39 is 0 Å². The first-order chi connectivity index (χ1) is 24.3. The van der Waals surface area contributed by atoms with Crippen LogP contribution < -0.4 is 10.6 Å². The standard InChI is InChI=1S/C41H74N2O7/c1-6-8-10-12-14-16-18-35(3)32-40(44)49-30-28-47-25-23-43(38-20-21-39(42)37(5)34-38)22-24-46-26-27-48-29-31-50-41(45)33-36(4)19-17-15-13-11-9-7-2/h20-21,34-36H,6-19,22-33,42H2,1-5H3. The van der Waals surface area contributed by atoms with Gasteiger partial charge in [-0.1, -0.05) is 118 Å². The lowest BCUT2D eigenvalue weighted by Gasteiger charge is -2.25. The van der Waals surface area contributed by atoms with Crippen LogP contribution in [0.2, 0.25) is 0 Å². The molecule has 0 spiro atoms. The number of carbonyl (C=O) groups is 2. The highest BCUT2D eigenvalue weighted by Gasteiger charge is 2.12. The van der Waals surface area contributed by atoms with Gasteiger partial charge in [-0.3, -0.25) is 9.59 Å². The van der Waals surface area contributed by atoms with E-state index in [2.05, 4.69) is 38.7 Å². The number of aryl methyl sites for hydroxylation is 1. The van der Waals surface area contributed by atoms with E-state index in [1.807, 2.05) is 19.1 Å². The fourth-order valence-electron chi connectivity index (χ4n) is 5.87. The number of hydrogen-bond acceptors (Lipinski definition) is 9. The van der Waals surface area contributed by atoms with Crippen molar-refractivity contribution in [3.8, 4) is 0 Å². The zero-order valence-corrected chi connectivity index (χ0v) is 32.7. The molecule has 9 nitrogen and oxygen atoms in total. The van der Waals surface area contributed by atoms with Gasteiger partial charge in [-0.15, -0.1) is 0 Å². The number of benzene rings is 1. The maximum absolute atomic E-state index is 12.2. The summed E-state index contributed by atoms with van der Waals surface area (Å²) in [5, 5.41) is 0. The third-order valence-electron chi connectivity index (χ3n) is 9.11. The summed E-state index contributed by atoms with van der Waals surface area (Å²) in [4.78, 5) is 26.6. The molecule has 0 aliphatic heterocycles. The predicted octanol–water partition coefficient (Wildman–Crippen LogP) is 9.07. The van der Waals surface area contributed by atoms with Gasteiger partial charge in [0.2, 0.25) is 0 Å². The minimum atomic E-state index is -0.143. The number of ether oxygens (including phenoxy) is 5. The van der Waals surface area contributed by atoms with Gasteiger partial charge in [0.25, 0.3) is 0 Å². The number of nitrogens with zero attached hydrogens (tertiary/aromatic N) is 1. The number of hydrogen-bond donors (Lipinski definition) is 1. The van der Waals surface area contributed by atoms with Gasteiger partial charge >= 0.3 is 11.9 Å². The van der Waals surface area contributed by atoms with Crippen LogP contribution >= 0.6 is 0 Å². The van der Waals surface area contributed by atoms with Gasteiger partial charge in [0, 0.05) is 37.3 Å². The summed E-state index contributed by atoms with van der Waals surface area (Å²) in [6.45, 7) is 15.2. The number of nitrogens with two attached hydrogens (primary N) is 1. The van der Waals surface area contributed by atoms with Crippen LogP contribution in [-0.4, -0.2) is 77.9 Å². The fraction of sp³-hybridized carbons (Fsp3) is 0.805. The van der Waals surface area contributed by atoms with Crippen molar-refractivity contribution in [2.24, 2.45) is 11.8 Å². The number of nitrogen functional groups attached to an aromatic ring is 1. The average Bonchev–Trinajstić information content (AvgIpc) is 3.08. The van der Waals surface area contributed by atoms with E-state index in [-0.39, 0.29) is 25.2 Å². The van der Waals surface area contributed by atoms with Gasteiger partial charge in [0.1, 0.15) is 13.2 Å². The Morgan fingerprint density at radius 1 is 0.620 bits per heavy atom. The highest BCUT2D eigenvalue weighted by Crippen LogP contribution is 2.21. The van der Waals surface area contributed by atoms with Crippen LogP contribution in [0.5, 0.6) is 0 Å². The van der Waals surface area contributed by atoms with Gasteiger partial charge in [0.15, 0.2) is 0 Å². The Labute approximate surface area is 305 Å². The third kappa shape index (κ3) is 25.6. The van der Waals surface area contributed by atoms with Crippen LogP contribution in [0.3, 0.4) is 0 Å². The highest BCUT2D eigenvalue weighted by atomic mass is 16.6. The fourth-order valence-corrected chi connectivity index (χ4v) is 5.87. The summed E-state index contributed by atoms with van der Waals surface area (Å²) in [5.74, 6) is 0.421. The molecule has 50 heavy (non-hydrogen) atoms. The van der Waals surface area contributed by atoms with E-state index in [0.717, 1.165) is 29.8 Å². The summed E-state index contributed by atoms with van der Waals surface area (Å²) < 4.78 is 28.0. The lowest BCUT2D eigenvalue weighted by atomic mass is 9.99. The quantitative estimate of drug-likeness (QED) is 0.0426. The predicted molar refractivity (Wildman–Crippen MR) is 206 cm³/mol. The van der Waals surface area contributed by atoms with E-state index in [9.17, 15) is 9.59 Å². The van der Waals surface area contributed by atoms with Crippen molar-refractivity contribution >= 4 is 23.3 Å². The van der Waals surface area contributed by atoms with Gasteiger partial charge < -0.3 is 34.3 Å². The third-order valence-corrected chi connectivity index (χ3v) is 9.11. The maximum Gasteiger partial charge on any atom is 0.306 e. The van der Waals surface area contributed by atoms with Crippen LogP contribution in [0, 0.1) is 18.8 Å². The second-order valence-corrected chi connectivity index (χ2v) is 14.0. The highest BCUT2D eigenvalue weighted by molar-refractivity contribution is 5.70. The van der Waals surface area contributed by atoms with Crippen molar-refractivity contribution in [3.05, 3.63) is 23.8 Å². The second-order valence-electron chi connectivity index (χ2n) is 14.0. The maximum atomic E-state index is 12.2. The van der Waals surface area contributed by atoms with Crippen LogP contribution in [0.4, 0.5) is 11.4 Å². The average molecular weight is 707 g/mol. The largest absolute Gasteiger partial charge is 0.463 e. The van der Waals surface area contributed by atoms with E-state index in [0.29, 0.717) is 77.4 Å². The lowest BCUT2D eigenvalue weighted by Crippen LogP contribution is -2.31. The van der Waals surface area contributed by atoms with Crippen molar-refractivity contribution < 1.29 is 33.3 Å². The molecule has 0 fully saturated rings. The zero-order valence-electron chi connectivity index (χ0n) is 32.7. The molecule has 9 heteroatoms. The van der Waals surface area contributed by atoms with Crippen LogP contribution in [0.15, 0.2) is 18.2 Å². The first kappa shape index (κ1) is 45.7. The Bertz CT molecular complexity index is 976. The molecule has 290 valence electrons. The van der Waals surface area contributed by atoms with Crippen molar-refractivity contribution in [2.45, 2.75) is 137 Å². The van der Waals surface area contributed by atoms with Crippen LogP contribution in [-0.2, 0) is 33.3 Å². The number of rotatable bonds is 34. The van der Waals surface area contributed by atoms with E-state index >= 15 is 0 Å². The molecule has 0 saturated heterocycles. The van der Waals surface area contributed by atoms with Gasteiger partial charge in [-0.2, -0.15) is 0 Å². The summed E-state index contributed by atoms with van der Waals surface area (Å²) in [6, 6.07) is 6.00. The SMILES string of the molecule is CCCCCCCCC(C)CC(=O)OCCOCCOCCN(CCOCCOC(=O)CC(C)CCCCCCCC)c1ccc(N)c(C)c1. The summed E-state index contributed by atoms with van der Waals surface area (Å²) in [7, 11) is 0. The number of unbranched alkanes of at least 4 members (excludes halogenated alkanes) is 10. The molecule has 0 heterocycles. The van der Waals surface area contributed by atoms with E-state index in [4.69, 9.17) is 29.4 Å². The van der Waals surface area contributed by atoms with Gasteiger partial charge in [-0.25, -0.2) is 0 Å². The molecule has 0 aromatic heterocycles. The molecule has 2 unspecified atom stereocenters. The molecule has 0 amide bonds. The Hall–Kier alpha value is -2.36. The van der Waals surface area contributed by atoms with Gasteiger partial charge in [-0.05, 0) is 42.5 Å². The molecular weight excluding hydrogens is 632 g/mol. The first-order valence-electron chi connectivity index (χ1n) is 19.9. The Balaban J connectivity index is 2.20. The normalized spacial score (nSPS) is 12.5. The van der Waals surface area contributed by atoms with Crippen molar-refractivity contribution in [1.29, 1.82) is 0 Å². The lowest BCUT2D eigenvalue weighted by molar-refractivity contribution is -0.147. The molecule has 0 saturated carbocycles. The summed E-state index contributed by atoms with van der Waals surface area (Å²) >= 11 is 0. The Kier molecular flexibility index (Phi) is 28.7. The summed E-state index contributed by atoms with van der Waals surface area (Å²) in [6.07, 6.45) is 18.3. The second kappa shape index (κ2) is 31.4. The zero-order chi connectivity index (χ0) is 36.7. The Morgan fingerprint density at radius 3 is 1.50 bits per heavy atom. The molecule has 2 atom stereocenters. The van der Waals surface area contributed by atoms with E-state index in [1.165, 1.54) is 77.0 Å². The molecule has 0 bridgehead atoms. The molecule has 1 aromatic rings. The first-order valence-corrected chi connectivity index (χ1v) is 19.9. The van der Waals surface area contributed by atoms with Gasteiger partial charge in [0.05, 0.1) is 39.6 Å². The topological polar surface area (TPSA) is 110 Å². The molecule has 2 N–H and O–H groups in total. The monoisotopic (exact) mass is 707 g/mol. The van der Waals surface area contributed by atoms with Crippen molar-refractivity contribution in [3.63, 3.8) is 0 Å². The molecule has 0 aliphatic carbocycles. The molecular formula is C41H74N2O7. The molecule has 1 rings (SSSR count). The van der Waals surface area contributed by atoms with Crippen molar-refractivity contribution in [1.82, 2.24) is 0 Å². The number of anilines is 2. The summed E-state index contributed by atoms with van der Waals surface area (Å²) in [5.41, 5.74) is 8.89. The van der Waals surface area contributed by atoms with Crippen LogP contribution in [0.1, 0.15) is 136 Å². The Morgan fingerprint density at radius 2 is 1.04 bits per heavy atom. The minimum Gasteiger partial charge on any atom is -0.463 e. The molecule has 0 aliphatic rings.